The molecule has 0 saturated heterocycles. The molecule has 0 spiro atoms. The molecule has 0 fully saturated rings. The second-order valence-electron chi connectivity index (χ2n) is 14.1. The molecular formula is C58H50P2PtS2. The first-order valence-corrected chi connectivity index (χ1v) is 24.4. The summed E-state index contributed by atoms with van der Waals surface area (Å²) >= 11 is 6.47. The molecule has 0 unspecified atom stereocenters. The normalized spacial score (nSPS) is 10.1. The summed E-state index contributed by atoms with van der Waals surface area (Å²) in [4.78, 5) is 2.92. The van der Waals surface area contributed by atoms with E-state index in [1.807, 2.05) is 54.6 Å². The fourth-order valence-corrected chi connectivity index (χ4v) is 11.8. The third kappa shape index (κ3) is 16.2. The third-order valence-corrected chi connectivity index (χ3v) is 15.5. The van der Waals surface area contributed by atoms with Gasteiger partial charge < -0.3 is 12.6 Å². The molecule has 0 heterocycles. The van der Waals surface area contributed by atoms with Gasteiger partial charge in [-0.05, 0) is 73.7 Å². The molecule has 0 amide bonds. The summed E-state index contributed by atoms with van der Waals surface area (Å²) in [7, 11) is -0.892. The maximum Gasteiger partial charge on any atom is 2.00 e. The number of thioether (sulfide) groups is 1. The number of benzene rings is 9. The van der Waals surface area contributed by atoms with Gasteiger partial charge in [0.15, 0.2) is 0 Å². The van der Waals surface area contributed by atoms with E-state index in [2.05, 4.69) is 220 Å². The SMILES string of the molecule is Cc1ccc([S-])cc1.[CH-]=C(Sc1ccc(C)cc1)c1ccccc1.[Pt+2].c1ccc(P(c2ccccc2)c2ccccc2)cc1.c1ccc(P(c2ccccc2)c2ccccc2)cc1. The minimum atomic E-state index is -0.446. The zero-order valence-electron chi connectivity index (χ0n) is 35.4. The molecule has 63 heavy (non-hydrogen) atoms. The van der Waals surface area contributed by atoms with Gasteiger partial charge >= 0.3 is 21.1 Å². The van der Waals surface area contributed by atoms with Crippen LogP contribution in [0.5, 0.6) is 0 Å². The van der Waals surface area contributed by atoms with Gasteiger partial charge in [0.05, 0.1) is 0 Å². The van der Waals surface area contributed by atoms with Crippen LogP contribution in [0, 0.1) is 20.4 Å². The second kappa shape index (κ2) is 27.1. The van der Waals surface area contributed by atoms with Crippen LogP contribution in [0.25, 0.3) is 4.91 Å². The Balaban J connectivity index is 0.000000163. The number of hydrogen-bond donors (Lipinski definition) is 0. The molecule has 9 rings (SSSR count). The van der Waals surface area contributed by atoms with Crippen LogP contribution in [0.3, 0.4) is 0 Å². The van der Waals surface area contributed by atoms with Crippen molar-refractivity contribution in [3.63, 3.8) is 0 Å². The first kappa shape index (κ1) is 48.9. The Bertz CT molecular complexity index is 2270. The molecule has 0 aliphatic heterocycles. The Morgan fingerprint density at radius 1 is 0.349 bits per heavy atom. The van der Waals surface area contributed by atoms with Gasteiger partial charge in [0.2, 0.25) is 0 Å². The molecule has 0 atom stereocenters. The van der Waals surface area contributed by atoms with Crippen molar-refractivity contribution >= 4 is 77.0 Å². The van der Waals surface area contributed by atoms with Crippen LogP contribution >= 0.6 is 27.6 Å². The van der Waals surface area contributed by atoms with E-state index in [1.54, 1.807) is 11.8 Å². The van der Waals surface area contributed by atoms with Gasteiger partial charge in [-0.1, -0.05) is 248 Å². The Morgan fingerprint density at radius 3 is 0.841 bits per heavy atom. The van der Waals surface area contributed by atoms with Crippen molar-refractivity contribution in [3.05, 3.63) is 284 Å². The third-order valence-electron chi connectivity index (χ3n) is 9.41. The average molecular weight is 1070 g/mol. The summed E-state index contributed by atoms with van der Waals surface area (Å²) in [5.41, 5.74) is 3.61. The van der Waals surface area contributed by atoms with Crippen LogP contribution in [-0.2, 0) is 33.7 Å². The van der Waals surface area contributed by atoms with E-state index >= 15 is 0 Å². The summed E-state index contributed by atoms with van der Waals surface area (Å²) in [6.45, 7) is 10.2. The van der Waals surface area contributed by atoms with E-state index in [1.165, 1.54) is 47.8 Å². The van der Waals surface area contributed by atoms with Crippen molar-refractivity contribution < 1.29 is 21.1 Å². The quantitative estimate of drug-likeness (QED) is 0.0611. The molecule has 5 heteroatoms. The molecule has 9 aromatic carbocycles. The molecular weight excluding hydrogens is 1020 g/mol. The average Bonchev–Trinajstić information content (AvgIpc) is 3.34. The Labute approximate surface area is 402 Å². The summed E-state index contributed by atoms with van der Waals surface area (Å²) in [5.74, 6) is 0. The zero-order valence-corrected chi connectivity index (χ0v) is 41.1. The number of hydrogen-bond acceptors (Lipinski definition) is 2. The van der Waals surface area contributed by atoms with E-state index in [0.717, 1.165) is 15.4 Å². The number of aryl methyl sites for hydroxylation is 2. The van der Waals surface area contributed by atoms with E-state index in [-0.39, 0.29) is 21.1 Å². The fraction of sp³-hybridized carbons (Fsp3) is 0.0345. The van der Waals surface area contributed by atoms with E-state index in [9.17, 15) is 0 Å². The monoisotopic (exact) mass is 1070 g/mol. The minimum Gasteiger partial charge on any atom is -0.780 e. The first-order valence-electron chi connectivity index (χ1n) is 20.5. The molecule has 0 N–H and O–H groups in total. The zero-order chi connectivity index (χ0) is 43.2. The molecule has 0 bridgehead atoms. The van der Waals surface area contributed by atoms with Crippen molar-refractivity contribution in [2.45, 2.75) is 23.6 Å². The van der Waals surface area contributed by atoms with Gasteiger partial charge in [0, 0.05) is 4.90 Å². The van der Waals surface area contributed by atoms with Crippen LogP contribution in [0.15, 0.2) is 271 Å². The molecule has 314 valence electrons. The Morgan fingerprint density at radius 2 is 0.587 bits per heavy atom. The molecule has 0 saturated carbocycles. The van der Waals surface area contributed by atoms with E-state index < -0.39 is 15.8 Å². The predicted molar refractivity (Wildman–Crippen MR) is 278 cm³/mol. The molecule has 0 aromatic heterocycles. The van der Waals surface area contributed by atoms with Gasteiger partial charge in [0.1, 0.15) is 0 Å². The standard InChI is InChI=1S/2C18H15P.C15H13S.C7H8S.Pt/c2*1-4-10-16(11-5-1)19(17-12-6-2-7-13-17)18-14-8-3-9-15-18;1-12-8-10-15(11-9-12)16-13(2)14-6-4-3-5-7-14;1-6-2-4-7(8)5-3-6;/h2*1-15H;2-11H,1H3;2-5,8H,1H3;/q;;-1;;+2/p-1. The summed E-state index contributed by atoms with van der Waals surface area (Å²) in [6, 6.07) is 91.0. The second-order valence-corrected chi connectivity index (χ2v) is 20.2. The van der Waals surface area contributed by atoms with Crippen molar-refractivity contribution in [1.29, 1.82) is 0 Å². The predicted octanol–water partition coefficient (Wildman–Crippen LogP) is 13.3. The van der Waals surface area contributed by atoms with Gasteiger partial charge in [-0.15, -0.1) is 23.9 Å². The van der Waals surface area contributed by atoms with Gasteiger partial charge in [-0.25, -0.2) is 0 Å². The van der Waals surface area contributed by atoms with E-state index in [4.69, 9.17) is 19.2 Å². The van der Waals surface area contributed by atoms with Crippen molar-refractivity contribution in [1.82, 2.24) is 0 Å². The van der Waals surface area contributed by atoms with E-state index in [0.29, 0.717) is 0 Å². The van der Waals surface area contributed by atoms with Crippen LogP contribution in [0.2, 0.25) is 0 Å². The maximum atomic E-state index is 6.04. The van der Waals surface area contributed by atoms with Crippen LogP contribution < -0.4 is 31.8 Å². The topological polar surface area (TPSA) is 0 Å². The van der Waals surface area contributed by atoms with Crippen LogP contribution in [0.4, 0.5) is 0 Å². The summed E-state index contributed by atoms with van der Waals surface area (Å²) in [6.07, 6.45) is 0. The molecule has 0 nitrogen and oxygen atoms in total. The van der Waals surface area contributed by atoms with Crippen LogP contribution in [0.1, 0.15) is 16.7 Å². The largest absolute Gasteiger partial charge is 2.00 e. The van der Waals surface area contributed by atoms with Gasteiger partial charge in [-0.2, -0.15) is 15.4 Å². The Hall–Kier alpha value is -5.16. The van der Waals surface area contributed by atoms with Crippen molar-refractivity contribution in [2.75, 3.05) is 0 Å². The van der Waals surface area contributed by atoms with Gasteiger partial charge in [-0.3, -0.25) is 6.58 Å². The molecule has 9 aromatic rings. The molecule has 0 radical (unpaired) electrons. The summed E-state index contributed by atoms with van der Waals surface area (Å²) in [5, 5.41) is 8.39. The first-order chi connectivity index (χ1) is 30.4. The smallest absolute Gasteiger partial charge is 0.780 e. The molecule has 0 aliphatic carbocycles. The minimum absolute atomic E-state index is 0. The van der Waals surface area contributed by atoms with Crippen molar-refractivity contribution in [3.8, 4) is 0 Å². The van der Waals surface area contributed by atoms with Crippen LogP contribution in [-0.4, -0.2) is 0 Å². The summed E-state index contributed by atoms with van der Waals surface area (Å²) < 4.78 is 0. The number of rotatable bonds is 9. The molecule has 0 aliphatic rings. The maximum absolute atomic E-state index is 6.04. The fourth-order valence-electron chi connectivity index (χ4n) is 6.29. The Kier molecular flexibility index (Phi) is 21.0. The van der Waals surface area contributed by atoms with Crippen molar-refractivity contribution in [2.24, 2.45) is 0 Å². The van der Waals surface area contributed by atoms with Gasteiger partial charge in [0.25, 0.3) is 0 Å².